The summed E-state index contributed by atoms with van der Waals surface area (Å²) in [5.41, 5.74) is 0.793. The smallest absolute Gasteiger partial charge is 0.317 e. The second kappa shape index (κ2) is 8.70. The van der Waals surface area contributed by atoms with Gasteiger partial charge in [-0.05, 0) is 23.8 Å². The van der Waals surface area contributed by atoms with Gasteiger partial charge in [-0.2, -0.15) is 4.31 Å². The molecule has 2 amide bonds. The number of nitrogens with zero attached hydrogens (tertiary/aromatic N) is 3. The van der Waals surface area contributed by atoms with E-state index in [2.05, 4.69) is 10.3 Å². The van der Waals surface area contributed by atoms with Crippen molar-refractivity contribution in [1.29, 1.82) is 0 Å². The molecule has 1 aromatic carbocycles. The van der Waals surface area contributed by atoms with Crippen LogP contribution in [0.3, 0.4) is 0 Å². The number of halogens is 2. The molecule has 0 unspecified atom stereocenters. The Balaban J connectivity index is 1.59. The monoisotopic (exact) mass is 426 g/mol. The largest absolute Gasteiger partial charge is 0.481 e. The van der Waals surface area contributed by atoms with E-state index in [-0.39, 0.29) is 38.8 Å². The highest BCUT2D eigenvalue weighted by Gasteiger charge is 2.34. The van der Waals surface area contributed by atoms with Crippen LogP contribution in [0.2, 0.25) is 0 Å². The van der Waals surface area contributed by atoms with Gasteiger partial charge in [0.15, 0.2) is 4.90 Å². The highest BCUT2D eigenvalue weighted by atomic mass is 32.2. The van der Waals surface area contributed by atoms with Gasteiger partial charge >= 0.3 is 6.03 Å². The number of hydrogen-bond donors (Lipinski definition) is 1. The van der Waals surface area contributed by atoms with E-state index in [0.29, 0.717) is 5.88 Å². The Labute approximate surface area is 167 Å². The first-order chi connectivity index (χ1) is 13.8. The van der Waals surface area contributed by atoms with E-state index in [1.54, 1.807) is 18.3 Å². The zero-order chi connectivity index (χ0) is 21.0. The standard InChI is InChI=1S/C18H20F2N4O4S/c1-28-16-11-13(5-6-21-16)12-22-18(25)23-7-9-24(10-8-23)29(26,27)17-14(19)3-2-4-15(17)20/h2-6,11H,7-10,12H2,1H3,(H,22,25). The number of nitrogens with one attached hydrogen (secondary N) is 1. The molecule has 0 saturated carbocycles. The number of rotatable bonds is 5. The molecular formula is C18H20F2N4O4S. The second-order valence-corrected chi connectivity index (χ2v) is 8.18. The second-order valence-electron chi connectivity index (χ2n) is 6.31. The van der Waals surface area contributed by atoms with Gasteiger partial charge in [-0.15, -0.1) is 0 Å². The van der Waals surface area contributed by atoms with Gasteiger partial charge in [0.25, 0.3) is 0 Å². The van der Waals surface area contributed by atoms with Crippen molar-refractivity contribution >= 4 is 16.1 Å². The maximum Gasteiger partial charge on any atom is 0.317 e. The molecule has 1 aromatic heterocycles. The van der Waals surface area contributed by atoms with Gasteiger partial charge < -0.3 is 15.0 Å². The third kappa shape index (κ3) is 4.62. The Hall–Kier alpha value is -2.79. The number of methoxy groups -OCH3 is 1. The third-order valence-electron chi connectivity index (χ3n) is 4.49. The molecule has 3 rings (SSSR count). The van der Waals surface area contributed by atoms with Crippen LogP contribution >= 0.6 is 0 Å². The number of carbonyl (C=O) groups is 1. The summed E-state index contributed by atoms with van der Waals surface area (Å²) in [6.45, 7) is 0.317. The van der Waals surface area contributed by atoms with E-state index in [1.165, 1.54) is 12.0 Å². The summed E-state index contributed by atoms with van der Waals surface area (Å²) in [6, 6.07) is 5.95. The van der Waals surface area contributed by atoms with Crippen molar-refractivity contribution in [1.82, 2.24) is 19.5 Å². The predicted molar refractivity (Wildman–Crippen MR) is 99.7 cm³/mol. The van der Waals surface area contributed by atoms with Crippen LogP contribution in [0.1, 0.15) is 5.56 Å². The molecule has 0 bridgehead atoms. The maximum atomic E-state index is 13.9. The summed E-state index contributed by atoms with van der Waals surface area (Å²) in [5.74, 6) is -1.85. The minimum atomic E-state index is -4.33. The first-order valence-corrected chi connectivity index (χ1v) is 10.2. The Morgan fingerprint density at radius 2 is 1.83 bits per heavy atom. The molecule has 156 valence electrons. The number of ether oxygens (including phenoxy) is 1. The zero-order valence-electron chi connectivity index (χ0n) is 15.6. The van der Waals surface area contributed by atoms with Crippen molar-refractivity contribution in [3.8, 4) is 5.88 Å². The average molecular weight is 426 g/mol. The fourth-order valence-corrected chi connectivity index (χ4v) is 4.48. The van der Waals surface area contributed by atoms with E-state index in [9.17, 15) is 22.0 Å². The first-order valence-electron chi connectivity index (χ1n) is 8.79. The van der Waals surface area contributed by atoms with Crippen molar-refractivity contribution in [2.24, 2.45) is 0 Å². The van der Waals surface area contributed by atoms with E-state index in [0.717, 1.165) is 28.1 Å². The highest BCUT2D eigenvalue weighted by molar-refractivity contribution is 7.89. The summed E-state index contributed by atoms with van der Waals surface area (Å²) in [5, 5.41) is 2.74. The molecule has 8 nitrogen and oxygen atoms in total. The van der Waals surface area contributed by atoms with E-state index >= 15 is 0 Å². The number of benzene rings is 1. The van der Waals surface area contributed by atoms with Crippen LogP contribution in [0.15, 0.2) is 41.4 Å². The van der Waals surface area contributed by atoms with Gasteiger partial charge in [0.2, 0.25) is 15.9 Å². The summed E-state index contributed by atoms with van der Waals surface area (Å²) in [6.07, 6.45) is 1.56. The molecular weight excluding hydrogens is 406 g/mol. The summed E-state index contributed by atoms with van der Waals surface area (Å²) in [7, 11) is -2.84. The molecule has 1 aliphatic rings. The van der Waals surface area contributed by atoms with Crippen LogP contribution in [0, 0.1) is 11.6 Å². The molecule has 0 atom stereocenters. The molecule has 2 heterocycles. The average Bonchev–Trinajstić information content (AvgIpc) is 2.72. The van der Waals surface area contributed by atoms with Gasteiger partial charge in [0, 0.05) is 45.0 Å². The number of hydrogen-bond acceptors (Lipinski definition) is 5. The Kier molecular flexibility index (Phi) is 6.28. The number of pyridine rings is 1. The minimum absolute atomic E-state index is 0.0629. The molecule has 2 aromatic rings. The summed E-state index contributed by atoms with van der Waals surface area (Å²) >= 11 is 0. The lowest BCUT2D eigenvalue weighted by molar-refractivity contribution is 0.171. The first kappa shape index (κ1) is 20.9. The lowest BCUT2D eigenvalue weighted by Gasteiger charge is -2.34. The SMILES string of the molecule is COc1cc(CNC(=O)N2CCN(S(=O)(=O)c3c(F)cccc3F)CC2)ccn1. The number of piperazine rings is 1. The van der Waals surface area contributed by atoms with Crippen molar-refractivity contribution in [3.05, 3.63) is 53.7 Å². The van der Waals surface area contributed by atoms with Gasteiger partial charge in [0.05, 0.1) is 7.11 Å². The number of urea groups is 1. The molecule has 29 heavy (non-hydrogen) atoms. The lowest BCUT2D eigenvalue weighted by Crippen LogP contribution is -2.53. The Bertz CT molecular complexity index is 975. The van der Waals surface area contributed by atoms with Crippen LogP contribution in [-0.4, -0.2) is 61.9 Å². The van der Waals surface area contributed by atoms with E-state index in [4.69, 9.17) is 4.74 Å². The van der Waals surface area contributed by atoms with Crippen molar-refractivity contribution in [2.45, 2.75) is 11.4 Å². The van der Waals surface area contributed by atoms with Crippen molar-refractivity contribution < 1.29 is 26.7 Å². The molecule has 11 heteroatoms. The summed E-state index contributed by atoms with van der Waals surface area (Å²) in [4.78, 5) is 16.8. The molecule has 0 aliphatic carbocycles. The number of carbonyl (C=O) groups excluding carboxylic acids is 1. The fourth-order valence-electron chi connectivity index (χ4n) is 2.95. The van der Waals surface area contributed by atoms with Crippen LogP contribution in [0.4, 0.5) is 13.6 Å². The topological polar surface area (TPSA) is 91.8 Å². The van der Waals surface area contributed by atoms with Gasteiger partial charge in [0.1, 0.15) is 11.6 Å². The Morgan fingerprint density at radius 1 is 1.17 bits per heavy atom. The molecule has 1 fully saturated rings. The normalized spacial score (nSPS) is 15.2. The lowest BCUT2D eigenvalue weighted by atomic mass is 10.2. The fraction of sp³-hybridized carbons (Fsp3) is 0.333. The molecule has 0 spiro atoms. The Morgan fingerprint density at radius 3 is 2.45 bits per heavy atom. The van der Waals surface area contributed by atoms with E-state index in [1.807, 2.05) is 0 Å². The van der Waals surface area contributed by atoms with E-state index < -0.39 is 26.6 Å². The van der Waals surface area contributed by atoms with Gasteiger partial charge in [-0.25, -0.2) is 27.0 Å². The van der Waals surface area contributed by atoms with Crippen LogP contribution in [0.25, 0.3) is 0 Å². The molecule has 1 aliphatic heterocycles. The third-order valence-corrected chi connectivity index (χ3v) is 6.45. The van der Waals surface area contributed by atoms with Gasteiger partial charge in [-0.1, -0.05) is 6.07 Å². The van der Waals surface area contributed by atoms with Crippen LogP contribution in [-0.2, 0) is 16.6 Å². The van der Waals surface area contributed by atoms with Crippen molar-refractivity contribution in [3.63, 3.8) is 0 Å². The zero-order valence-corrected chi connectivity index (χ0v) is 16.5. The highest BCUT2D eigenvalue weighted by Crippen LogP contribution is 2.23. The van der Waals surface area contributed by atoms with Gasteiger partial charge in [-0.3, -0.25) is 0 Å². The molecule has 0 radical (unpaired) electrons. The van der Waals surface area contributed by atoms with Crippen molar-refractivity contribution in [2.75, 3.05) is 33.3 Å². The van der Waals surface area contributed by atoms with Crippen LogP contribution < -0.4 is 10.1 Å². The quantitative estimate of drug-likeness (QED) is 0.784. The number of aromatic nitrogens is 1. The summed E-state index contributed by atoms with van der Waals surface area (Å²) < 4.78 is 59.0. The van der Waals surface area contributed by atoms with Crippen LogP contribution in [0.5, 0.6) is 5.88 Å². The molecule has 1 saturated heterocycles. The number of amides is 2. The molecule has 1 N–H and O–H groups in total. The maximum absolute atomic E-state index is 13.9. The minimum Gasteiger partial charge on any atom is -0.481 e. The number of sulfonamides is 1. The predicted octanol–water partition coefficient (Wildman–Crippen LogP) is 1.58.